The predicted octanol–water partition coefficient (Wildman–Crippen LogP) is 3.98. The molecule has 0 aromatic carbocycles. The maximum absolute atomic E-state index is 6.18. The van der Waals surface area contributed by atoms with Gasteiger partial charge in [-0.15, -0.1) is 11.3 Å². The first kappa shape index (κ1) is 11.9. The minimum atomic E-state index is 0.0990. The number of hydrogen-bond acceptors (Lipinski definition) is 2. The lowest BCUT2D eigenvalue weighted by molar-refractivity contribution is 0.712. The summed E-state index contributed by atoms with van der Waals surface area (Å²) in [7, 11) is 0. The highest BCUT2D eigenvalue weighted by Gasteiger charge is 2.14. The van der Waals surface area contributed by atoms with Gasteiger partial charge in [-0.05, 0) is 51.2 Å². The van der Waals surface area contributed by atoms with E-state index in [0.717, 1.165) is 0 Å². The summed E-state index contributed by atoms with van der Waals surface area (Å²) < 4.78 is 0. The number of rotatable bonds is 2. The van der Waals surface area contributed by atoms with Crippen molar-refractivity contribution in [2.24, 2.45) is 5.73 Å². The third kappa shape index (κ3) is 2.74. The van der Waals surface area contributed by atoms with E-state index >= 15 is 0 Å². The Morgan fingerprint density at radius 2 is 2.06 bits per heavy atom. The molecule has 88 valence electrons. The molecule has 0 spiro atoms. The van der Waals surface area contributed by atoms with Crippen LogP contribution in [0.5, 0.6) is 0 Å². The van der Waals surface area contributed by atoms with Crippen LogP contribution in [0.3, 0.4) is 0 Å². The molecule has 0 radical (unpaired) electrons. The maximum Gasteiger partial charge on any atom is 0.0578 e. The van der Waals surface area contributed by atoms with Crippen molar-refractivity contribution in [2.45, 2.75) is 52.0 Å². The van der Waals surface area contributed by atoms with Gasteiger partial charge in [-0.3, -0.25) is 0 Å². The lowest BCUT2D eigenvalue weighted by atomic mass is 10.1. The molecule has 1 heterocycles. The summed E-state index contributed by atoms with van der Waals surface area (Å²) in [6.07, 6.45) is 8.77. The second-order valence-corrected chi connectivity index (χ2v) is 6.10. The van der Waals surface area contributed by atoms with Gasteiger partial charge in [-0.2, -0.15) is 0 Å². The molecular formula is C14H21NS. The summed E-state index contributed by atoms with van der Waals surface area (Å²) in [6.45, 7) is 4.22. The Labute approximate surface area is 102 Å². The summed E-state index contributed by atoms with van der Waals surface area (Å²) in [5.41, 5.74) is 9.05. The van der Waals surface area contributed by atoms with Crippen molar-refractivity contribution < 1.29 is 0 Å². The molecule has 0 fully saturated rings. The van der Waals surface area contributed by atoms with Crippen LogP contribution in [0.1, 0.15) is 54.5 Å². The van der Waals surface area contributed by atoms with Gasteiger partial charge in [0, 0.05) is 9.75 Å². The van der Waals surface area contributed by atoms with Gasteiger partial charge in [0.25, 0.3) is 0 Å². The molecule has 1 aromatic rings. The summed E-state index contributed by atoms with van der Waals surface area (Å²) in [5, 5.41) is 0. The van der Waals surface area contributed by atoms with Crippen molar-refractivity contribution >= 4 is 11.3 Å². The zero-order valence-corrected chi connectivity index (χ0v) is 11.1. The molecule has 1 nitrogen and oxygen atoms in total. The summed E-state index contributed by atoms with van der Waals surface area (Å²) in [4.78, 5) is 2.93. The molecular weight excluding hydrogens is 214 g/mol. The summed E-state index contributed by atoms with van der Waals surface area (Å²) >= 11 is 1.93. The van der Waals surface area contributed by atoms with Crippen molar-refractivity contribution in [3.63, 3.8) is 0 Å². The first-order valence-corrected chi connectivity index (χ1v) is 7.00. The van der Waals surface area contributed by atoms with E-state index < -0.39 is 0 Å². The minimum Gasteiger partial charge on any atom is -0.320 e. The van der Waals surface area contributed by atoms with Crippen molar-refractivity contribution in [2.75, 3.05) is 0 Å². The highest BCUT2D eigenvalue weighted by molar-refractivity contribution is 7.12. The van der Waals surface area contributed by atoms with E-state index in [2.05, 4.69) is 26.0 Å². The van der Waals surface area contributed by atoms with E-state index in [1.807, 2.05) is 11.3 Å². The van der Waals surface area contributed by atoms with E-state index in [4.69, 9.17) is 5.73 Å². The van der Waals surface area contributed by atoms with Gasteiger partial charge in [0.05, 0.1) is 6.04 Å². The highest BCUT2D eigenvalue weighted by Crippen LogP contribution is 2.32. The van der Waals surface area contributed by atoms with Crippen LogP contribution in [0.4, 0.5) is 0 Å². The highest BCUT2D eigenvalue weighted by atomic mass is 32.1. The SMILES string of the molecule is CC(C)=CC(N)c1cc2c(s1)CCCCC2. The number of allylic oxidation sites excluding steroid dienone is 1. The van der Waals surface area contributed by atoms with Gasteiger partial charge >= 0.3 is 0 Å². The third-order valence-corrected chi connectivity index (χ3v) is 4.45. The van der Waals surface area contributed by atoms with E-state index in [1.54, 1.807) is 10.4 Å². The zero-order valence-electron chi connectivity index (χ0n) is 10.3. The average Bonchev–Trinajstić information content (AvgIpc) is 2.49. The molecule has 1 aromatic heterocycles. The first-order chi connectivity index (χ1) is 7.66. The van der Waals surface area contributed by atoms with Gasteiger partial charge in [0.1, 0.15) is 0 Å². The first-order valence-electron chi connectivity index (χ1n) is 6.19. The Morgan fingerprint density at radius 3 is 2.81 bits per heavy atom. The quantitative estimate of drug-likeness (QED) is 0.609. The van der Waals surface area contributed by atoms with Crippen LogP contribution >= 0.6 is 11.3 Å². The van der Waals surface area contributed by atoms with E-state index in [0.29, 0.717) is 0 Å². The fourth-order valence-electron chi connectivity index (χ4n) is 2.30. The van der Waals surface area contributed by atoms with Crippen LogP contribution in [0.15, 0.2) is 17.7 Å². The Balaban J connectivity index is 2.21. The Kier molecular flexibility index (Phi) is 3.82. The van der Waals surface area contributed by atoms with Gasteiger partial charge in [-0.25, -0.2) is 0 Å². The second-order valence-electron chi connectivity index (χ2n) is 4.93. The number of aryl methyl sites for hydroxylation is 2. The molecule has 1 atom stereocenters. The summed E-state index contributed by atoms with van der Waals surface area (Å²) in [6, 6.07) is 2.44. The van der Waals surface area contributed by atoms with Crippen LogP contribution < -0.4 is 5.73 Å². The monoisotopic (exact) mass is 235 g/mol. The molecule has 16 heavy (non-hydrogen) atoms. The number of thiophene rings is 1. The smallest absolute Gasteiger partial charge is 0.0578 e. The lowest BCUT2D eigenvalue weighted by Gasteiger charge is -2.04. The second kappa shape index (κ2) is 5.15. The van der Waals surface area contributed by atoms with E-state index in [9.17, 15) is 0 Å². The van der Waals surface area contributed by atoms with E-state index in [1.165, 1.54) is 42.6 Å². The summed E-state index contributed by atoms with van der Waals surface area (Å²) in [5.74, 6) is 0. The van der Waals surface area contributed by atoms with Crippen molar-refractivity contribution in [3.05, 3.63) is 33.0 Å². The van der Waals surface area contributed by atoms with Crippen LogP contribution in [-0.2, 0) is 12.8 Å². The molecule has 2 N–H and O–H groups in total. The molecule has 0 aliphatic heterocycles. The molecule has 2 rings (SSSR count). The maximum atomic E-state index is 6.18. The number of fused-ring (bicyclic) bond motifs is 1. The fraction of sp³-hybridized carbons (Fsp3) is 0.571. The van der Waals surface area contributed by atoms with Crippen LogP contribution in [0.2, 0.25) is 0 Å². The van der Waals surface area contributed by atoms with Gasteiger partial charge in [0.15, 0.2) is 0 Å². The molecule has 1 aliphatic carbocycles. The molecule has 1 aliphatic rings. The Bertz CT molecular complexity index is 362. The fourth-order valence-corrected chi connectivity index (χ4v) is 3.52. The standard InChI is InChI=1S/C14H21NS/c1-10(2)8-12(15)14-9-11-6-4-3-5-7-13(11)16-14/h8-9,12H,3-7,15H2,1-2H3. The average molecular weight is 235 g/mol. The van der Waals surface area contributed by atoms with Crippen LogP contribution in [-0.4, -0.2) is 0 Å². The third-order valence-electron chi connectivity index (χ3n) is 3.11. The number of hydrogen-bond donors (Lipinski definition) is 1. The molecule has 0 saturated carbocycles. The molecule has 1 unspecified atom stereocenters. The largest absolute Gasteiger partial charge is 0.320 e. The lowest BCUT2D eigenvalue weighted by Crippen LogP contribution is -2.05. The molecule has 0 bridgehead atoms. The predicted molar refractivity (Wildman–Crippen MR) is 71.9 cm³/mol. The molecule has 0 saturated heterocycles. The van der Waals surface area contributed by atoms with E-state index in [-0.39, 0.29) is 6.04 Å². The molecule has 2 heteroatoms. The normalized spacial score (nSPS) is 17.4. The Morgan fingerprint density at radius 1 is 1.31 bits per heavy atom. The van der Waals surface area contributed by atoms with Crippen molar-refractivity contribution in [3.8, 4) is 0 Å². The Hall–Kier alpha value is -0.600. The molecule has 0 amide bonds. The van der Waals surface area contributed by atoms with Gasteiger partial charge < -0.3 is 5.73 Å². The van der Waals surface area contributed by atoms with Gasteiger partial charge in [0.2, 0.25) is 0 Å². The van der Waals surface area contributed by atoms with Crippen LogP contribution in [0.25, 0.3) is 0 Å². The van der Waals surface area contributed by atoms with Crippen molar-refractivity contribution in [1.82, 2.24) is 0 Å². The minimum absolute atomic E-state index is 0.0990. The van der Waals surface area contributed by atoms with Crippen LogP contribution in [0, 0.1) is 0 Å². The number of nitrogens with two attached hydrogens (primary N) is 1. The van der Waals surface area contributed by atoms with Crippen molar-refractivity contribution in [1.29, 1.82) is 0 Å². The topological polar surface area (TPSA) is 26.0 Å². The van der Waals surface area contributed by atoms with Gasteiger partial charge in [-0.1, -0.05) is 18.1 Å². The zero-order chi connectivity index (χ0) is 11.5.